The summed E-state index contributed by atoms with van der Waals surface area (Å²) in [6.07, 6.45) is 0.635. The predicted octanol–water partition coefficient (Wildman–Crippen LogP) is 0.701. The second-order valence-corrected chi connectivity index (χ2v) is 4.31. The largest absolute Gasteiger partial charge is 0.467 e. The van der Waals surface area contributed by atoms with Crippen molar-refractivity contribution in [2.45, 2.75) is 25.4 Å². The van der Waals surface area contributed by atoms with Crippen LogP contribution in [0.2, 0.25) is 0 Å². The van der Waals surface area contributed by atoms with Gasteiger partial charge in [-0.3, -0.25) is 4.79 Å². The smallest absolute Gasteiger partial charge is 0.328 e. The Hall–Kier alpha value is -2.04. The van der Waals surface area contributed by atoms with Crippen LogP contribution in [-0.2, 0) is 20.7 Å². The number of esters is 1. The van der Waals surface area contributed by atoms with Crippen LogP contribution in [0.25, 0.3) is 0 Å². The SMILES string of the molecule is COC(=O)[C@H](C)NC(=O)C1Cc2ccccc2N1. The van der Waals surface area contributed by atoms with Gasteiger partial charge in [-0.1, -0.05) is 18.2 Å². The third kappa shape index (κ3) is 2.45. The van der Waals surface area contributed by atoms with E-state index in [0.29, 0.717) is 6.42 Å². The molecule has 0 aromatic heterocycles. The highest BCUT2D eigenvalue weighted by atomic mass is 16.5. The molecule has 5 nitrogen and oxygen atoms in total. The van der Waals surface area contributed by atoms with Gasteiger partial charge < -0.3 is 15.4 Å². The summed E-state index contributed by atoms with van der Waals surface area (Å²) >= 11 is 0. The number of rotatable bonds is 3. The van der Waals surface area contributed by atoms with Crippen molar-refractivity contribution < 1.29 is 14.3 Å². The number of benzene rings is 1. The first-order valence-corrected chi connectivity index (χ1v) is 5.84. The Bertz CT molecular complexity index is 448. The van der Waals surface area contributed by atoms with Crippen LogP contribution in [0.1, 0.15) is 12.5 Å². The fourth-order valence-corrected chi connectivity index (χ4v) is 2.01. The highest BCUT2D eigenvalue weighted by Gasteiger charge is 2.28. The van der Waals surface area contributed by atoms with E-state index in [-0.39, 0.29) is 11.9 Å². The van der Waals surface area contributed by atoms with E-state index >= 15 is 0 Å². The Kier molecular flexibility index (Phi) is 3.50. The number of para-hydroxylation sites is 1. The number of anilines is 1. The summed E-state index contributed by atoms with van der Waals surface area (Å²) in [5, 5.41) is 5.76. The molecule has 0 fully saturated rings. The van der Waals surface area contributed by atoms with Gasteiger partial charge in [0.15, 0.2) is 0 Å². The Balaban J connectivity index is 1.95. The van der Waals surface area contributed by atoms with Crippen molar-refractivity contribution in [2.75, 3.05) is 12.4 Å². The lowest BCUT2D eigenvalue weighted by Gasteiger charge is -2.15. The fraction of sp³-hybridized carbons (Fsp3) is 0.385. The number of fused-ring (bicyclic) bond motifs is 1. The molecule has 1 unspecified atom stereocenters. The molecular formula is C13H16N2O3. The molecule has 2 atom stereocenters. The van der Waals surface area contributed by atoms with E-state index in [1.807, 2.05) is 24.3 Å². The summed E-state index contributed by atoms with van der Waals surface area (Å²) in [7, 11) is 1.30. The minimum Gasteiger partial charge on any atom is -0.467 e. The summed E-state index contributed by atoms with van der Waals surface area (Å²) in [6, 6.07) is 6.83. The van der Waals surface area contributed by atoms with Crippen molar-refractivity contribution in [1.82, 2.24) is 5.32 Å². The van der Waals surface area contributed by atoms with Gasteiger partial charge in [0.2, 0.25) is 5.91 Å². The molecule has 0 saturated heterocycles. The number of hydrogen-bond acceptors (Lipinski definition) is 4. The number of hydrogen-bond donors (Lipinski definition) is 2. The van der Waals surface area contributed by atoms with Crippen molar-refractivity contribution in [3.8, 4) is 0 Å². The maximum atomic E-state index is 12.0. The lowest BCUT2D eigenvalue weighted by Crippen LogP contribution is -2.46. The zero-order chi connectivity index (χ0) is 13.1. The maximum absolute atomic E-state index is 12.0. The Morgan fingerprint density at radius 2 is 2.17 bits per heavy atom. The number of amides is 1. The van der Waals surface area contributed by atoms with E-state index in [1.54, 1.807) is 6.92 Å². The fourth-order valence-electron chi connectivity index (χ4n) is 2.01. The lowest BCUT2D eigenvalue weighted by molar-refractivity contribution is -0.144. The average Bonchev–Trinajstić information content (AvgIpc) is 2.81. The lowest BCUT2D eigenvalue weighted by atomic mass is 10.1. The van der Waals surface area contributed by atoms with Crippen LogP contribution in [-0.4, -0.2) is 31.1 Å². The summed E-state index contributed by atoms with van der Waals surface area (Å²) in [6.45, 7) is 1.60. The topological polar surface area (TPSA) is 67.4 Å². The molecule has 1 heterocycles. The molecule has 0 bridgehead atoms. The first-order chi connectivity index (χ1) is 8.61. The maximum Gasteiger partial charge on any atom is 0.328 e. The van der Waals surface area contributed by atoms with Crippen molar-refractivity contribution in [1.29, 1.82) is 0 Å². The van der Waals surface area contributed by atoms with Crippen LogP contribution in [0, 0.1) is 0 Å². The molecule has 1 aromatic rings. The van der Waals surface area contributed by atoms with E-state index in [1.165, 1.54) is 7.11 Å². The average molecular weight is 248 g/mol. The van der Waals surface area contributed by atoms with Crippen LogP contribution >= 0.6 is 0 Å². The van der Waals surface area contributed by atoms with Crippen molar-refractivity contribution in [2.24, 2.45) is 0 Å². The van der Waals surface area contributed by atoms with Gasteiger partial charge in [-0.25, -0.2) is 4.79 Å². The summed E-state index contributed by atoms with van der Waals surface area (Å²) in [4.78, 5) is 23.2. The Morgan fingerprint density at radius 3 is 2.83 bits per heavy atom. The van der Waals surface area contributed by atoms with Gasteiger partial charge in [0.05, 0.1) is 7.11 Å². The highest BCUT2D eigenvalue weighted by Crippen LogP contribution is 2.25. The summed E-state index contributed by atoms with van der Waals surface area (Å²) < 4.78 is 4.56. The summed E-state index contributed by atoms with van der Waals surface area (Å²) in [5.74, 6) is -0.636. The van der Waals surface area contributed by atoms with Crippen LogP contribution in [0.4, 0.5) is 5.69 Å². The van der Waals surface area contributed by atoms with Crippen molar-refractivity contribution in [3.05, 3.63) is 29.8 Å². The third-order valence-electron chi connectivity index (χ3n) is 3.00. The minimum absolute atomic E-state index is 0.191. The quantitative estimate of drug-likeness (QED) is 0.773. The van der Waals surface area contributed by atoms with E-state index in [9.17, 15) is 9.59 Å². The van der Waals surface area contributed by atoms with Crippen LogP contribution in [0.3, 0.4) is 0 Å². The van der Waals surface area contributed by atoms with E-state index in [0.717, 1.165) is 11.3 Å². The van der Waals surface area contributed by atoms with Crippen LogP contribution < -0.4 is 10.6 Å². The molecule has 1 aromatic carbocycles. The molecule has 0 aliphatic carbocycles. The molecule has 1 aliphatic heterocycles. The Morgan fingerprint density at radius 1 is 1.44 bits per heavy atom. The third-order valence-corrected chi connectivity index (χ3v) is 3.00. The molecule has 96 valence electrons. The standard InChI is InChI=1S/C13H16N2O3/c1-8(13(17)18-2)14-12(16)11-7-9-5-3-4-6-10(9)15-11/h3-6,8,11,15H,7H2,1-2H3,(H,14,16)/t8-,11?/m0/s1. The molecule has 1 amide bonds. The first-order valence-electron chi connectivity index (χ1n) is 5.84. The highest BCUT2D eigenvalue weighted by molar-refractivity contribution is 5.90. The zero-order valence-electron chi connectivity index (χ0n) is 10.4. The molecule has 0 spiro atoms. The minimum atomic E-state index is -0.631. The second kappa shape index (κ2) is 5.08. The second-order valence-electron chi connectivity index (χ2n) is 4.31. The number of carbonyl (C=O) groups excluding carboxylic acids is 2. The molecule has 0 saturated carbocycles. The molecule has 1 aliphatic rings. The van der Waals surface area contributed by atoms with Crippen molar-refractivity contribution in [3.63, 3.8) is 0 Å². The number of methoxy groups -OCH3 is 1. The Labute approximate surface area is 106 Å². The molecule has 0 radical (unpaired) electrons. The van der Waals surface area contributed by atoms with Gasteiger partial charge in [0, 0.05) is 12.1 Å². The van der Waals surface area contributed by atoms with E-state index in [4.69, 9.17) is 0 Å². The molecular weight excluding hydrogens is 232 g/mol. The van der Waals surface area contributed by atoms with Crippen molar-refractivity contribution >= 4 is 17.6 Å². The normalized spacial score (nSPS) is 18.4. The molecule has 18 heavy (non-hydrogen) atoms. The van der Waals surface area contributed by atoms with E-state index in [2.05, 4.69) is 15.4 Å². The van der Waals surface area contributed by atoms with Gasteiger partial charge in [-0.2, -0.15) is 0 Å². The van der Waals surface area contributed by atoms with Crippen LogP contribution in [0.5, 0.6) is 0 Å². The molecule has 2 N–H and O–H groups in total. The molecule has 5 heteroatoms. The van der Waals surface area contributed by atoms with Gasteiger partial charge in [0.25, 0.3) is 0 Å². The molecule has 2 rings (SSSR count). The van der Waals surface area contributed by atoms with E-state index < -0.39 is 12.0 Å². The zero-order valence-corrected chi connectivity index (χ0v) is 10.4. The number of carbonyl (C=O) groups is 2. The van der Waals surface area contributed by atoms with Gasteiger partial charge in [-0.05, 0) is 18.6 Å². The van der Waals surface area contributed by atoms with Gasteiger partial charge >= 0.3 is 5.97 Å². The van der Waals surface area contributed by atoms with Gasteiger partial charge in [0.1, 0.15) is 12.1 Å². The monoisotopic (exact) mass is 248 g/mol. The van der Waals surface area contributed by atoms with Crippen LogP contribution in [0.15, 0.2) is 24.3 Å². The van der Waals surface area contributed by atoms with Gasteiger partial charge in [-0.15, -0.1) is 0 Å². The first kappa shape index (κ1) is 12.4. The summed E-state index contributed by atoms with van der Waals surface area (Å²) in [5.41, 5.74) is 2.09. The number of ether oxygens (including phenoxy) is 1. The number of nitrogens with one attached hydrogen (secondary N) is 2. The predicted molar refractivity (Wildman–Crippen MR) is 67.2 cm³/mol.